The molecule has 0 spiro atoms. The molecule has 1 aromatic heterocycles. The van der Waals surface area contributed by atoms with Crippen LogP contribution in [0.4, 0.5) is 0 Å². The number of benzene rings is 1. The molecule has 0 fully saturated rings. The number of ether oxygens (including phenoxy) is 1. The van der Waals surface area contributed by atoms with Crippen molar-refractivity contribution in [2.24, 2.45) is 0 Å². The van der Waals surface area contributed by atoms with Gasteiger partial charge in [0.25, 0.3) is 0 Å². The molecule has 0 unspecified atom stereocenters. The van der Waals surface area contributed by atoms with Crippen molar-refractivity contribution in [2.75, 3.05) is 7.11 Å². The second kappa shape index (κ2) is 6.30. The van der Waals surface area contributed by atoms with Crippen molar-refractivity contribution in [3.05, 3.63) is 63.9 Å². The van der Waals surface area contributed by atoms with E-state index in [1.807, 2.05) is 29.0 Å². The number of ketones is 1. The zero-order valence-corrected chi connectivity index (χ0v) is 12.1. The molecule has 0 N–H and O–H groups in total. The van der Waals surface area contributed by atoms with Crippen LogP contribution in [0.1, 0.15) is 28.4 Å². The molecule has 20 heavy (non-hydrogen) atoms. The van der Waals surface area contributed by atoms with Gasteiger partial charge in [-0.25, -0.2) is 4.79 Å². The summed E-state index contributed by atoms with van der Waals surface area (Å²) >= 11 is 1.56. The summed E-state index contributed by atoms with van der Waals surface area (Å²) in [6, 6.07) is 9.13. The molecule has 2 aromatic rings. The molecule has 4 heteroatoms. The Kier molecular flexibility index (Phi) is 4.48. The smallest absolute Gasteiger partial charge is 0.331 e. The van der Waals surface area contributed by atoms with Gasteiger partial charge in [-0.1, -0.05) is 24.3 Å². The minimum absolute atomic E-state index is 0.0191. The van der Waals surface area contributed by atoms with Gasteiger partial charge in [0.15, 0.2) is 5.78 Å². The van der Waals surface area contributed by atoms with Crippen LogP contribution in [0.5, 0.6) is 0 Å². The molecule has 0 aliphatic rings. The van der Waals surface area contributed by atoms with Gasteiger partial charge in [-0.05, 0) is 40.5 Å². The van der Waals surface area contributed by atoms with Gasteiger partial charge >= 0.3 is 5.97 Å². The van der Waals surface area contributed by atoms with E-state index >= 15 is 0 Å². The lowest BCUT2D eigenvalue weighted by molar-refractivity contribution is -0.134. The minimum atomic E-state index is -0.401. The second-order valence-corrected chi connectivity index (χ2v) is 5.01. The molecule has 1 aromatic carbocycles. The number of carbonyl (C=O) groups excluding carboxylic acids is 2. The average molecular weight is 286 g/mol. The quantitative estimate of drug-likeness (QED) is 0.490. The number of hydrogen-bond acceptors (Lipinski definition) is 4. The average Bonchev–Trinajstić information content (AvgIpc) is 2.98. The molecule has 3 nitrogen and oxygen atoms in total. The highest BCUT2D eigenvalue weighted by Gasteiger charge is 2.09. The van der Waals surface area contributed by atoms with Gasteiger partial charge in [-0.15, -0.1) is 0 Å². The Labute approximate surface area is 121 Å². The zero-order valence-electron chi connectivity index (χ0n) is 11.3. The third-order valence-electron chi connectivity index (χ3n) is 2.90. The lowest BCUT2D eigenvalue weighted by atomic mass is 9.98. The van der Waals surface area contributed by atoms with Crippen LogP contribution in [0.15, 0.2) is 47.2 Å². The van der Waals surface area contributed by atoms with Crippen LogP contribution in [0.2, 0.25) is 0 Å². The van der Waals surface area contributed by atoms with Gasteiger partial charge in [-0.3, -0.25) is 4.79 Å². The fourth-order valence-electron chi connectivity index (χ4n) is 1.81. The van der Waals surface area contributed by atoms with Crippen LogP contribution in [0.25, 0.3) is 5.57 Å². The summed E-state index contributed by atoms with van der Waals surface area (Å²) in [6.07, 6.45) is 1.46. The van der Waals surface area contributed by atoms with Crippen molar-refractivity contribution < 1.29 is 14.3 Å². The van der Waals surface area contributed by atoms with Gasteiger partial charge in [0, 0.05) is 11.6 Å². The van der Waals surface area contributed by atoms with Crippen molar-refractivity contribution in [1.29, 1.82) is 0 Å². The van der Waals surface area contributed by atoms with Gasteiger partial charge in [0.2, 0.25) is 0 Å². The summed E-state index contributed by atoms with van der Waals surface area (Å²) < 4.78 is 4.70. The van der Waals surface area contributed by atoms with Gasteiger partial charge in [0.1, 0.15) is 0 Å². The highest BCUT2D eigenvalue weighted by molar-refractivity contribution is 7.08. The number of carbonyl (C=O) groups is 2. The molecule has 0 radical (unpaired) electrons. The highest BCUT2D eigenvalue weighted by atomic mass is 32.1. The number of esters is 1. The first-order chi connectivity index (χ1) is 9.61. The lowest BCUT2D eigenvalue weighted by Crippen LogP contribution is -1.98. The SMILES string of the molecule is COC(=O)/C=C(/c1ccc(C(C)=O)cc1)c1ccsc1. The standard InChI is InChI=1S/C16H14O3S/c1-11(17)12-3-5-13(6-4-12)15(9-16(18)19-2)14-7-8-20-10-14/h3-10H,1-2H3/b15-9-. The van der Waals surface area contributed by atoms with Crippen molar-refractivity contribution in [3.8, 4) is 0 Å². The van der Waals surface area contributed by atoms with E-state index in [-0.39, 0.29) is 5.78 Å². The first-order valence-electron chi connectivity index (χ1n) is 6.05. The van der Waals surface area contributed by atoms with Crippen LogP contribution >= 0.6 is 11.3 Å². The van der Waals surface area contributed by atoms with E-state index in [2.05, 4.69) is 0 Å². The molecule has 0 bridgehead atoms. The van der Waals surface area contributed by atoms with Gasteiger partial charge in [0.05, 0.1) is 7.11 Å². The fraction of sp³-hybridized carbons (Fsp3) is 0.125. The highest BCUT2D eigenvalue weighted by Crippen LogP contribution is 2.25. The number of thiophene rings is 1. The summed E-state index contributed by atoms with van der Waals surface area (Å²) in [4.78, 5) is 22.8. The summed E-state index contributed by atoms with van der Waals surface area (Å²) in [5.74, 6) is -0.382. The Balaban J connectivity index is 2.44. The molecule has 1 heterocycles. The summed E-state index contributed by atoms with van der Waals surface area (Å²) in [5.41, 5.74) is 3.26. The number of methoxy groups -OCH3 is 1. The Morgan fingerprint density at radius 2 is 1.70 bits per heavy atom. The molecule has 0 saturated carbocycles. The molecular weight excluding hydrogens is 272 g/mol. The van der Waals surface area contributed by atoms with E-state index in [4.69, 9.17) is 4.74 Å². The summed E-state index contributed by atoms with van der Waals surface area (Å²) in [5, 5.41) is 3.91. The summed E-state index contributed by atoms with van der Waals surface area (Å²) in [6.45, 7) is 1.53. The number of hydrogen-bond donors (Lipinski definition) is 0. The Hall–Kier alpha value is -2.20. The number of rotatable bonds is 4. The van der Waals surface area contributed by atoms with Gasteiger partial charge < -0.3 is 4.74 Å². The van der Waals surface area contributed by atoms with E-state index in [0.717, 1.165) is 16.7 Å². The first kappa shape index (κ1) is 14.2. The Morgan fingerprint density at radius 1 is 1.05 bits per heavy atom. The molecule has 0 aliphatic heterocycles. The molecular formula is C16H14O3S. The molecule has 0 saturated heterocycles. The van der Waals surface area contributed by atoms with Crippen molar-refractivity contribution in [1.82, 2.24) is 0 Å². The fourth-order valence-corrected chi connectivity index (χ4v) is 2.47. The van der Waals surface area contributed by atoms with E-state index in [1.165, 1.54) is 20.1 Å². The maximum atomic E-state index is 11.5. The van der Waals surface area contributed by atoms with Gasteiger partial charge in [-0.2, -0.15) is 11.3 Å². The zero-order chi connectivity index (χ0) is 14.5. The third kappa shape index (κ3) is 3.22. The molecule has 2 rings (SSSR count). The predicted molar refractivity (Wildman–Crippen MR) is 79.9 cm³/mol. The van der Waals surface area contributed by atoms with E-state index < -0.39 is 5.97 Å². The van der Waals surface area contributed by atoms with Crippen molar-refractivity contribution in [3.63, 3.8) is 0 Å². The minimum Gasteiger partial charge on any atom is -0.466 e. The molecule has 0 atom stereocenters. The predicted octanol–water partition coefficient (Wildman–Crippen LogP) is 3.56. The lowest BCUT2D eigenvalue weighted by Gasteiger charge is -2.07. The Morgan fingerprint density at radius 3 is 2.20 bits per heavy atom. The van der Waals surface area contributed by atoms with Crippen LogP contribution < -0.4 is 0 Å². The normalized spacial score (nSPS) is 11.2. The maximum absolute atomic E-state index is 11.5. The van der Waals surface area contributed by atoms with Crippen LogP contribution in [0.3, 0.4) is 0 Å². The van der Waals surface area contributed by atoms with Crippen LogP contribution in [-0.2, 0) is 9.53 Å². The first-order valence-corrected chi connectivity index (χ1v) is 6.99. The maximum Gasteiger partial charge on any atom is 0.331 e. The molecule has 0 amide bonds. The van der Waals surface area contributed by atoms with E-state index in [0.29, 0.717) is 5.56 Å². The Bertz CT molecular complexity index is 637. The molecule has 102 valence electrons. The van der Waals surface area contributed by atoms with Crippen molar-refractivity contribution >= 4 is 28.7 Å². The topological polar surface area (TPSA) is 43.4 Å². The summed E-state index contributed by atoms with van der Waals surface area (Å²) in [7, 11) is 1.35. The van der Waals surface area contributed by atoms with E-state index in [9.17, 15) is 9.59 Å². The molecule has 0 aliphatic carbocycles. The van der Waals surface area contributed by atoms with Crippen LogP contribution in [-0.4, -0.2) is 18.9 Å². The monoisotopic (exact) mass is 286 g/mol. The third-order valence-corrected chi connectivity index (χ3v) is 3.58. The van der Waals surface area contributed by atoms with Crippen molar-refractivity contribution in [2.45, 2.75) is 6.92 Å². The number of Topliss-reactive ketones (excluding diaryl/α,β-unsaturated/α-hetero) is 1. The van der Waals surface area contributed by atoms with E-state index in [1.54, 1.807) is 23.5 Å². The second-order valence-electron chi connectivity index (χ2n) is 4.23. The van der Waals surface area contributed by atoms with Crippen LogP contribution in [0, 0.1) is 0 Å². The largest absolute Gasteiger partial charge is 0.466 e.